The molecule has 17 heavy (non-hydrogen) atoms. The van der Waals surface area contributed by atoms with Crippen molar-refractivity contribution in [3.8, 4) is 0 Å². The van der Waals surface area contributed by atoms with Crippen LogP contribution in [0.2, 0.25) is 0 Å². The summed E-state index contributed by atoms with van der Waals surface area (Å²) >= 11 is 0. The molecule has 0 saturated heterocycles. The van der Waals surface area contributed by atoms with Gasteiger partial charge in [0, 0.05) is 5.41 Å². The molecular weight excluding hydrogens is 212 g/mol. The molecule has 0 aromatic rings. The van der Waals surface area contributed by atoms with Crippen molar-refractivity contribution in [2.45, 2.75) is 64.6 Å². The number of aliphatic hydroxyl groups is 2. The zero-order valence-electron chi connectivity index (χ0n) is 11.2. The van der Waals surface area contributed by atoms with Crippen LogP contribution >= 0.6 is 0 Å². The van der Waals surface area contributed by atoms with Crippen molar-refractivity contribution in [3.63, 3.8) is 0 Å². The third-order valence-corrected chi connectivity index (χ3v) is 6.39. The molecule has 96 valence electrons. The molecule has 0 aliphatic heterocycles. The van der Waals surface area contributed by atoms with Crippen LogP contribution in [0.4, 0.5) is 0 Å². The second-order valence-electron chi connectivity index (χ2n) is 7.03. The molecule has 1 spiro atoms. The minimum atomic E-state index is -0.899. The van der Waals surface area contributed by atoms with E-state index in [0.717, 1.165) is 32.1 Å². The minimum absolute atomic E-state index is 0.155. The first-order chi connectivity index (χ1) is 7.84. The number of rotatable bonds is 0. The van der Waals surface area contributed by atoms with Gasteiger partial charge in [-0.1, -0.05) is 18.6 Å². The summed E-state index contributed by atoms with van der Waals surface area (Å²) in [7, 11) is 0. The molecule has 2 saturated carbocycles. The average molecular weight is 236 g/mol. The second kappa shape index (κ2) is 3.16. The zero-order chi connectivity index (χ0) is 12.5. The molecule has 5 unspecified atom stereocenters. The van der Waals surface area contributed by atoms with Crippen LogP contribution in [0.15, 0.2) is 11.6 Å². The minimum Gasteiger partial charge on any atom is -0.389 e. The third-order valence-electron chi connectivity index (χ3n) is 6.39. The Morgan fingerprint density at radius 2 is 2.00 bits per heavy atom. The van der Waals surface area contributed by atoms with E-state index in [4.69, 9.17) is 0 Å². The SMILES string of the molecule is CC1=CCCC2(C)CCC3CC12C(O)C3(C)O. The molecule has 2 bridgehead atoms. The van der Waals surface area contributed by atoms with Crippen LogP contribution in [0, 0.1) is 16.7 Å². The first kappa shape index (κ1) is 11.7. The smallest absolute Gasteiger partial charge is 0.0925 e. The summed E-state index contributed by atoms with van der Waals surface area (Å²) in [4.78, 5) is 0. The summed E-state index contributed by atoms with van der Waals surface area (Å²) < 4.78 is 0. The van der Waals surface area contributed by atoms with Crippen molar-refractivity contribution in [2.75, 3.05) is 0 Å². The Balaban J connectivity index is 2.18. The van der Waals surface area contributed by atoms with Crippen LogP contribution in [0.25, 0.3) is 0 Å². The summed E-state index contributed by atoms with van der Waals surface area (Å²) in [6.07, 6.45) is 7.16. The zero-order valence-corrected chi connectivity index (χ0v) is 11.2. The van der Waals surface area contributed by atoms with Gasteiger partial charge in [0.1, 0.15) is 0 Å². The summed E-state index contributed by atoms with van der Waals surface area (Å²) in [5.41, 5.74) is 0.450. The maximum absolute atomic E-state index is 10.8. The van der Waals surface area contributed by atoms with Crippen LogP contribution < -0.4 is 0 Å². The normalized spacial score (nSPS) is 57.6. The summed E-state index contributed by atoms with van der Waals surface area (Å²) in [5, 5.41) is 21.4. The lowest BCUT2D eigenvalue weighted by molar-refractivity contribution is -0.108. The predicted octanol–water partition coefficient (Wildman–Crippen LogP) is 2.64. The first-order valence-electron chi connectivity index (χ1n) is 6.92. The Morgan fingerprint density at radius 3 is 2.71 bits per heavy atom. The molecule has 5 atom stereocenters. The van der Waals surface area contributed by atoms with Gasteiger partial charge in [0.25, 0.3) is 0 Å². The van der Waals surface area contributed by atoms with Gasteiger partial charge in [0.2, 0.25) is 0 Å². The van der Waals surface area contributed by atoms with E-state index in [1.165, 1.54) is 5.57 Å². The van der Waals surface area contributed by atoms with E-state index in [1.54, 1.807) is 0 Å². The van der Waals surface area contributed by atoms with E-state index in [-0.39, 0.29) is 16.7 Å². The molecule has 2 heteroatoms. The van der Waals surface area contributed by atoms with E-state index in [2.05, 4.69) is 19.9 Å². The highest BCUT2D eigenvalue weighted by Crippen LogP contribution is 2.69. The molecule has 0 amide bonds. The second-order valence-corrected chi connectivity index (χ2v) is 7.03. The van der Waals surface area contributed by atoms with Gasteiger partial charge in [-0.3, -0.25) is 0 Å². The quantitative estimate of drug-likeness (QED) is 0.635. The maximum Gasteiger partial charge on any atom is 0.0925 e. The average Bonchev–Trinajstić information content (AvgIpc) is 2.43. The Hall–Kier alpha value is -0.340. The summed E-state index contributed by atoms with van der Waals surface area (Å²) in [6, 6.07) is 0. The van der Waals surface area contributed by atoms with Crippen molar-refractivity contribution in [1.82, 2.24) is 0 Å². The van der Waals surface area contributed by atoms with E-state index >= 15 is 0 Å². The van der Waals surface area contributed by atoms with Gasteiger partial charge >= 0.3 is 0 Å². The maximum atomic E-state index is 10.8. The number of allylic oxidation sites excluding steroid dienone is 1. The highest BCUT2D eigenvalue weighted by Gasteiger charge is 2.68. The molecule has 3 aliphatic rings. The summed E-state index contributed by atoms with van der Waals surface area (Å²) in [6.45, 7) is 6.32. The van der Waals surface area contributed by atoms with Crippen molar-refractivity contribution in [1.29, 1.82) is 0 Å². The van der Waals surface area contributed by atoms with Gasteiger partial charge in [0.05, 0.1) is 11.7 Å². The van der Waals surface area contributed by atoms with E-state index in [0.29, 0.717) is 0 Å². The topological polar surface area (TPSA) is 40.5 Å². The van der Waals surface area contributed by atoms with Gasteiger partial charge < -0.3 is 10.2 Å². The molecule has 0 aromatic heterocycles. The number of fused-ring (bicyclic) bond motifs is 1. The molecule has 2 N–H and O–H groups in total. The largest absolute Gasteiger partial charge is 0.389 e. The Labute approximate surface area is 104 Å². The van der Waals surface area contributed by atoms with Crippen molar-refractivity contribution < 1.29 is 10.2 Å². The monoisotopic (exact) mass is 236 g/mol. The molecule has 0 aromatic carbocycles. The van der Waals surface area contributed by atoms with Crippen LogP contribution in [-0.2, 0) is 0 Å². The molecular formula is C15H24O2. The lowest BCUT2D eigenvalue weighted by Gasteiger charge is -2.54. The van der Waals surface area contributed by atoms with Crippen molar-refractivity contribution in [2.24, 2.45) is 16.7 Å². The fourth-order valence-corrected chi connectivity index (χ4v) is 5.11. The highest BCUT2D eigenvalue weighted by molar-refractivity contribution is 5.31. The van der Waals surface area contributed by atoms with Gasteiger partial charge in [-0.05, 0) is 57.3 Å². The number of hydrogen-bond acceptors (Lipinski definition) is 2. The fourth-order valence-electron chi connectivity index (χ4n) is 5.11. The van der Waals surface area contributed by atoms with E-state index < -0.39 is 11.7 Å². The molecule has 0 heterocycles. The molecule has 2 nitrogen and oxygen atoms in total. The van der Waals surface area contributed by atoms with E-state index in [1.807, 2.05) is 6.92 Å². The van der Waals surface area contributed by atoms with Gasteiger partial charge in [-0.25, -0.2) is 0 Å². The van der Waals surface area contributed by atoms with Crippen LogP contribution in [0.1, 0.15) is 52.9 Å². The van der Waals surface area contributed by atoms with Gasteiger partial charge in [-0.15, -0.1) is 0 Å². The van der Waals surface area contributed by atoms with E-state index in [9.17, 15) is 10.2 Å². The van der Waals surface area contributed by atoms with Crippen LogP contribution in [0.5, 0.6) is 0 Å². The summed E-state index contributed by atoms with van der Waals surface area (Å²) in [5.74, 6) is 0.270. The van der Waals surface area contributed by atoms with Gasteiger partial charge in [0.15, 0.2) is 0 Å². The predicted molar refractivity (Wildman–Crippen MR) is 67.5 cm³/mol. The van der Waals surface area contributed by atoms with Crippen molar-refractivity contribution in [3.05, 3.63) is 11.6 Å². The Bertz CT molecular complexity index is 384. The Morgan fingerprint density at radius 1 is 1.29 bits per heavy atom. The van der Waals surface area contributed by atoms with Crippen molar-refractivity contribution >= 4 is 0 Å². The fraction of sp³-hybridized carbons (Fsp3) is 0.867. The lowest BCUT2D eigenvalue weighted by atomic mass is 9.50. The first-order valence-corrected chi connectivity index (χ1v) is 6.92. The Kier molecular flexibility index (Phi) is 2.18. The molecule has 2 fully saturated rings. The molecule has 0 radical (unpaired) electrons. The van der Waals surface area contributed by atoms with Gasteiger partial charge in [-0.2, -0.15) is 0 Å². The molecule has 3 rings (SSSR count). The lowest BCUT2D eigenvalue weighted by Crippen LogP contribution is -2.52. The van der Waals surface area contributed by atoms with Crippen LogP contribution in [-0.4, -0.2) is 21.9 Å². The standard InChI is InChI=1S/C15H24O2/c1-10-5-4-7-13(2)8-6-11-9-15(10,13)12(16)14(11,3)17/h5,11-12,16-17H,4,6-9H2,1-3H3. The number of hydrogen-bond donors (Lipinski definition) is 2. The molecule has 3 aliphatic carbocycles. The highest BCUT2D eigenvalue weighted by atomic mass is 16.3. The third kappa shape index (κ3) is 1.14. The number of aliphatic hydroxyl groups excluding tert-OH is 1. The van der Waals surface area contributed by atoms with Crippen LogP contribution in [0.3, 0.4) is 0 Å².